The van der Waals surface area contributed by atoms with E-state index in [2.05, 4.69) is 58.8 Å². The summed E-state index contributed by atoms with van der Waals surface area (Å²) in [6.45, 7) is 4.12. The minimum Gasteiger partial charge on any atom is -0.441 e. The molecule has 4 rings (SSSR count). The number of aliphatic hydroxyl groups is 1. The van der Waals surface area contributed by atoms with E-state index >= 15 is 0 Å². The third-order valence-electron chi connectivity index (χ3n) is 4.88. The van der Waals surface area contributed by atoms with E-state index in [0.29, 0.717) is 19.0 Å². The maximum Gasteiger partial charge on any atom is 0.226 e. The molecule has 1 N–H and O–H groups in total. The van der Waals surface area contributed by atoms with E-state index in [0.717, 1.165) is 23.6 Å². The third kappa shape index (κ3) is 4.82. The topological polar surface area (TPSA) is 49.5 Å². The van der Waals surface area contributed by atoms with Crippen molar-refractivity contribution in [2.24, 2.45) is 0 Å². The fourth-order valence-corrected chi connectivity index (χ4v) is 4.07. The lowest BCUT2D eigenvalue weighted by atomic mass is 10.0. The lowest BCUT2D eigenvalue weighted by Crippen LogP contribution is -2.26. The van der Waals surface area contributed by atoms with Crippen LogP contribution in [0.3, 0.4) is 0 Å². The van der Waals surface area contributed by atoms with Crippen LogP contribution in [0.4, 0.5) is 0 Å². The molecule has 148 valence electrons. The third-order valence-corrected chi connectivity index (χ3v) is 5.74. The van der Waals surface area contributed by atoms with Gasteiger partial charge in [0, 0.05) is 30.1 Å². The monoisotopic (exact) mass is 404 g/mol. The van der Waals surface area contributed by atoms with Crippen LogP contribution >= 0.6 is 11.3 Å². The van der Waals surface area contributed by atoms with Crippen molar-refractivity contribution in [2.45, 2.75) is 20.0 Å². The van der Waals surface area contributed by atoms with E-state index in [9.17, 15) is 5.11 Å². The Kier molecular flexibility index (Phi) is 6.20. The Hall–Kier alpha value is -2.73. The zero-order chi connectivity index (χ0) is 20.1. The number of hydrogen-bond acceptors (Lipinski definition) is 5. The van der Waals surface area contributed by atoms with Gasteiger partial charge in [-0.15, -0.1) is 11.3 Å². The molecule has 0 fully saturated rings. The summed E-state index contributed by atoms with van der Waals surface area (Å²) in [5.41, 5.74) is 4.24. The highest BCUT2D eigenvalue weighted by Gasteiger charge is 2.15. The molecular formula is C24H24N2O2S. The first kappa shape index (κ1) is 19.6. The molecule has 0 radical (unpaired) electrons. The van der Waals surface area contributed by atoms with Crippen LogP contribution in [0.25, 0.3) is 22.6 Å². The number of hydrogen-bond donors (Lipinski definition) is 1. The van der Waals surface area contributed by atoms with Crippen molar-refractivity contribution in [3.05, 3.63) is 88.4 Å². The maximum atomic E-state index is 9.43. The summed E-state index contributed by atoms with van der Waals surface area (Å²) < 4.78 is 5.96. The van der Waals surface area contributed by atoms with Gasteiger partial charge in [0.15, 0.2) is 0 Å². The van der Waals surface area contributed by atoms with Crippen LogP contribution in [0.5, 0.6) is 0 Å². The quantitative estimate of drug-likeness (QED) is 0.429. The molecule has 0 amide bonds. The molecule has 5 heteroatoms. The van der Waals surface area contributed by atoms with Gasteiger partial charge in [-0.25, -0.2) is 4.98 Å². The minimum absolute atomic E-state index is 0.121. The van der Waals surface area contributed by atoms with E-state index in [-0.39, 0.29) is 6.61 Å². The summed E-state index contributed by atoms with van der Waals surface area (Å²) >= 11 is 1.73. The summed E-state index contributed by atoms with van der Waals surface area (Å²) in [6.07, 6.45) is 0. The zero-order valence-electron chi connectivity index (χ0n) is 16.4. The Morgan fingerprint density at radius 1 is 0.897 bits per heavy atom. The fraction of sp³-hybridized carbons (Fsp3) is 0.208. The predicted molar refractivity (Wildman–Crippen MR) is 118 cm³/mol. The highest BCUT2D eigenvalue weighted by molar-refractivity contribution is 7.09. The van der Waals surface area contributed by atoms with Crippen molar-refractivity contribution in [3.63, 3.8) is 0 Å². The standard InChI is InChI=1S/C24H24N2O2S/c1-18-23(17-26(13-14-27)16-22-8-5-15-29-22)25-24(28-18)21-11-9-20(10-12-21)19-6-3-2-4-7-19/h2-12,15,27H,13-14,16-17H2,1H3. The second-order valence-corrected chi connectivity index (χ2v) is 8.01. The van der Waals surface area contributed by atoms with Gasteiger partial charge in [0.25, 0.3) is 0 Å². The number of benzene rings is 2. The molecule has 0 atom stereocenters. The second-order valence-electron chi connectivity index (χ2n) is 6.98. The van der Waals surface area contributed by atoms with Crippen LogP contribution in [0.15, 0.2) is 76.5 Å². The molecule has 0 spiro atoms. The van der Waals surface area contributed by atoms with Gasteiger partial charge in [0.1, 0.15) is 5.76 Å². The van der Waals surface area contributed by atoms with Crippen LogP contribution in [0.1, 0.15) is 16.3 Å². The number of aryl methyl sites for hydroxylation is 1. The molecule has 2 heterocycles. The molecule has 29 heavy (non-hydrogen) atoms. The molecule has 0 aliphatic heterocycles. The van der Waals surface area contributed by atoms with Gasteiger partial charge in [-0.1, -0.05) is 48.5 Å². The molecule has 0 saturated heterocycles. The Bertz CT molecular complexity index is 1020. The Balaban J connectivity index is 1.51. The SMILES string of the molecule is Cc1oc(-c2ccc(-c3ccccc3)cc2)nc1CN(CCO)Cc1cccs1. The molecule has 4 aromatic rings. The first-order valence-electron chi connectivity index (χ1n) is 9.70. The first-order chi connectivity index (χ1) is 14.2. The summed E-state index contributed by atoms with van der Waals surface area (Å²) in [5, 5.41) is 11.5. The highest BCUT2D eigenvalue weighted by Crippen LogP contribution is 2.26. The Labute approximate surface area is 175 Å². The van der Waals surface area contributed by atoms with E-state index in [1.54, 1.807) is 11.3 Å². The van der Waals surface area contributed by atoms with E-state index in [1.807, 2.05) is 25.1 Å². The molecule has 0 bridgehead atoms. The van der Waals surface area contributed by atoms with Gasteiger partial charge in [0.2, 0.25) is 5.89 Å². The number of aromatic nitrogens is 1. The van der Waals surface area contributed by atoms with Crippen LogP contribution < -0.4 is 0 Å². The van der Waals surface area contributed by atoms with Gasteiger partial charge in [-0.05, 0) is 41.6 Å². The molecule has 0 aliphatic rings. The molecule has 0 saturated carbocycles. The predicted octanol–water partition coefficient (Wildman–Crippen LogP) is 5.37. The van der Waals surface area contributed by atoms with Crippen LogP contribution in [-0.4, -0.2) is 28.1 Å². The number of oxazole rings is 1. The van der Waals surface area contributed by atoms with E-state index in [1.165, 1.54) is 16.0 Å². The molecule has 0 aliphatic carbocycles. The Morgan fingerprint density at radius 2 is 1.62 bits per heavy atom. The molecule has 2 aromatic carbocycles. The van der Waals surface area contributed by atoms with Gasteiger partial charge < -0.3 is 9.52 Å². The maximum absolute atomic E-state index is 9.43. The van der Waals surface area contributed by atoms with Gasteiger partial charge in [-0.2, -0.15) is 0 Å². The van der Waals surface area contributed by atoms with Crippen molar-refractivity contribution in [1.29, 1.82) is 0 Å². The normalized spacial score (nSPS) is 11.3. The molecular weight excluding hydrogens is 380 g/mol. The lowest BCUT2D eigenvalue weighted by Gasteiger charge is -2.19. The van der Waals surface area contributed by atoms with Crippen molar-refractivity contribution >= 4 is 11.3 Å². The van der Waals surface area contributed by atoms with Crippen molar-refractivity contribution in [1.82, 2.24) is 9.88 Å². The summed E-state index contributed by atoms with van der Waals surface area (Å²) in [6, 6.07) is 22.8. The Morgan fingerprint density at radius 3 is 2.31 bits per heavy atom. The minimum atomic E-state index is 0.121. The van der Waals surface area contributed by atoms with Gasteiger partial charge in [0.05, 0.1) is 12.3 Å². The average Bonchev–Trinajstić information content (AvgIpc) is 3.39. The molecule has 4 nitrogen and oxygen atoms in total. The first-order valence-corrected chi connectivity index (χ1v) is 10.6. The van der Waals surface area contributed by atoms with Crippen molar-refractivity contribution in [2.75, 3.05) is 13.2 Å². The largest absolute Gasteiger partial charge is 0.441 e. The average molecular weight is 405 g/mol. The van der Waals surface area contributed by atoms with E-state index < -0.39 is 0 Å². The summed E-state index contributed by atoms with van der Waals surface area (Å²) in [7, 11) is 0. The van der Waals surface area contributed by atoms with Gasteiger partial charge >= 0.3 is 0 Å². The highest BCUT2D eigenvalue weighted by atomic mass is 32.1. The van der Waals surface area contributed by atoms with Crippen LogP contribution in [0.2, 0.25) is 0 Å². The number of thiophene rings is 1. The van der Waals surface area contributed by atoms with Crippen LogP contribution in [0, 0.1) is 6.92 Å². The molecule has 0 unspecified atom stereocenters. The van der Waals surface area contributed by atoms with Crippen molar-refractivity contribution in [3.8, 4) is 22.6 Å². The number of nitrogens with zero attached hydrogens (tertiary/aromatic N) is 2. The fourth-order valence-electron chi connectivity index (χ4n) is 3.32. The van der Waals surface area contributed by atoms with Gasteiger partial charge in [-0.3, -0.25) is 4.90 Å². The second kappa shape index (κ2) is 9.18. The molecule has 2 aromatic heterocycles. The number of aliphatic hydroxyl groups excluding tert-OH is 1. The van der Waals surface area contributed by atoms with Crippen LogP contribution in [-0.2, 0) is 13.1 Å². The summed E-state index contributed by atoms with van der Waals surface area (Å²) in [5.74, 6) is 1.46. The smallest absolute Gasteiger partial charge is 0.226 e. The summed E-state index contributed by atoms with van der Waals surface area (Å²) in [4.78, 5) is 8.22. The van der Waals surface area contributed by atoms with Crippen molar-refractivity contribution < 1.29 is 9.52 Å². The number of rotatable bonds is 8. The zero-order valence-corrected chi connectivity index (χ0v) is 17.2. The van der Waals surface area contributed by atoms with E-state index in [4.69, 9.17) is 9.40 Å². The lowest BCUT2D eigenvalue weighted by molar-refractivity contribution is 0.183.